The number of hydrogen-bond acceptors (Lipinski definition) is 9. The van der Waals surface area contributed by atoms with Crippen molar-refractivity contribution < 1.29 is 22.7 Å². The van der Waals surface area contributed by atoms with Crippen molar-refractivity contribution >= 4 is 38.5 Å². The van der Waals surface area contributed by atoms with Crippen molar-refractivity contribution in [1.82, 2.24) is 19.2 Å². The molecule has 1 fully saturated rings. The molecule has 2 heterocycles. The number of nitrogens with one attached hydrogen (secondary N) is 1. The van der Waals surface area contributed by atoms with Crippen LogP contribution in [0.1, 0.15) is 37.0 Å². The average Bonchev–Trinajstić information content (AvgIpc) is 2.91. The number of ketones is 1. The maximum atomic E-state index is 13.1. The summed E-state index contributed by atoms with van der Waals surface area (Å²) in [4.78, 5) is 35.6. The van der Waals surface area contributed by atoms with Crippen LogP contribution in [0.2, 0.25) is 0 Å². The number of fused-ring (bicyclic) bond motifs is 1. The third-order valence-electron chi connectivity index (χ3n) is 6.66. The molecule has 1 aliphatic rings. The van der Waals surface area contributed by atoms with Crippen molar-refractivity contribution in [2.45, 2.75) is 38.3 Å². The normalized spacial score (nSPS) is 15.9. The number of Topliss-reactive ketones (excluding diaryl/α,β-unsaturated/α-hetero) is 1. The Morgan fingerprint density at radius 3 is 2.26 bits per heavy atom. The third kappa shape index (κ3) is 6.01. The van der Waals surface area contributed by atoms with E-state index in [9.17, 15) is 18.0 Å². The van der Waals surface area contributed by atoms with Crippen LogP contribution in [0.3, 0.4) is 0 Å². The zero-order chi connectivity index (χ0) is 27.4. The highest BCUT2D eigenvalue weighted by Gasteiger charge is 2.29. The molecule has 0 amide bonds. The second-order valence-corrected chi connectivity index (χ2v) is 11.6. The lowest BCUT2D eigenvalue weighted by atomic mass is 10.0. The number of ether oxygens (including phenoxy) is 1. The molecule has 4 rings (SSSR count). The first-order valence-electron chi connectivity index (χ1n) is 12.5. The maximum absolute atomic E-state index is 13.1. The molecule has 202 valence electrons. The minimum absolute atomic E-state index is 0.0201. The van der Waals surface area contributed by atoms with Crippen LogP contribution in [-0.4, -0.2) is 78.7 Å². The lowest BCUT2D eigenvalue weighted by Gasteiger charge is -2.33. The van der Waals surface area contributed by atoms with Gasteiger partial charge in [0.05, 0.1) is 24.1 Å². The lowest BCUT2D eigenvalue weighted by Crippen LogP contribution is -2.48. The van der Waals surface area contributed by atoms with E-state index in [0.29, 0.717) is 49.9 Å². The van der Waals surface area contributed by atoms with Gasteiger partial charge < -0.3 is 10.1 Å². The summed E-state index contributed by atoms with van der Waals surface area (Å²) in [6.07, 6.45) is 0. The lowest BCUT2D eigenvalue weighted by molar-refractivity contribution is -0.142. The highest BCUT2D eigenvalue weighted by Crippen LogP contribution is 2.24. The van der Waals surface area contributed by atoms with Gasteiger partial charge in [-0.3, -0.25) is 9.69 Å². The Morgan fingerprint density at radius 2 is 1.66 bits per heavy atom. The zero-order valence-corrected chi connectivity index (χ0v) is 22.9. The zero-order valence-electron chi connectivity index (χ0n) is 22.0. The van der Waals surface area contributed by atoms with E-state index >= 15 is 0 Å². The summed E-state index contributed by atoms with van der Waals surface area (Å²) in [5.41, 5.74) is 1.23. The number of piperazine rings is 1. The van der Waals surface area contributed by atoms with Gasteiger partial charge >= 0.3 is 5.97 Å². The van der Waals surface area contributed by atoms with E-state index in [1.54, 1.807) is 0 Å². The summed E-state index contributed by atoms with van der Waals surface area (Å²) in [5.74, 6) is 0.646. The molecular formula is C27H33N5O5S. The number of aromatic nitrogens is 2. The number of hydrogen-bond donors (Lipinski definition) is 1. The number of carbonyl (C=O) groups is 2. The van der Waals surface area contributed by atoms with E-state index in [1.807, 2.05) is 38.1 Å². The molecule has 10 nitrogen and oxygen atoms in total. The number of benzene rings is 2. The van der Waals surface area contributed by atoms with E-state index in [4.69, 9.17) is 14.7 Å². The van der Waals surface area contributed by atoms with Crippen LogP contribution in [0.5, 0.6) is 0 Å². The first kappa shape index (κ1) is 27.6. The van der Waals surface area contributed by atoms with Gasteiger partial charge in [-0.25, -0.2) is 23.2 Å². The van der Waals surface area contributed by atoms with Gasteiger partial charge in [-0.2, -0.15) is 4.31 Å². The Labute approximate surface area is 223 Å². The Hall–Kier alpha value is -3.41. The van der Waals surface area contributed by atoms with Gasteiger partial charge in [-0.1, -0.05) is 38.1 Å². The largest absolute Gasteiger partial charge is 0.467 e. The number of para-hydroxylation sites is 1. The number of esters is 1. The molecule has 1 atom stereocenters. The van der Waals surface area contributed by atoms with Gasteiger partial charge in [-0.05, 0) is 37.1 Å². The van der Waals surface area contributed by atoms with Crippen molar-refractivity contribution in [1.29, 1.82) is 0 Å². The Morgan fingerprint density at radius 1 is 1.00 bits per heavy atom. The second-order valence-electron chi connectivity index (χ2n) is 9.66. The summed E-state index contributed by atoms with van der Waals surface area (Å²) in [6, 6.07) is 13.1. The fourth-order valence-electron chi connectivity index (χ4n) is 4.42. The van der Waals surface area contributed by atoms with Crippen LogP contribution in [-0.2, 0) is 26.1 Å². The number of nitrogens with zero attached hydrogens (tertiary/aromatic N) is 4. The summed E-state index contributed by atoms with van der Waals surface area (Å²) in [5, 5.41) is 4.06. The first-order valence-corrected chi connectivity index (χ1v) is 14.0. The molecule has 11 heteroatoms. The Kier molecular flexibility index (Phi) is 8.39. The summed E-state index contributed by atoms with van der Waals surface area (Å²) in [6.45, 7) is 7.43. The van der Waals surface area contributed by atoms with Gasteiger partial charge in [-0.15, -0.1) is 0 Å². The molecule has 3 aromatic rings. The highest BCUT2D eigenvalue weighted by atomic mass is 32.2. The van der Waals surface area contributed by atoms with Crippen molar-refractivity contribution in [2.75, 3.05) is 38.6 Å². The number of carbonyl (C=O) groups excluding carboxylic acids is 2. The van der Waals surface area contributed by atoms with Crippen LogP contribution >= 0.6 is 0 Å². The van der Waals surface area contributed by atoms with Gasteiger partial charge in [0.2, 0.25) is 10.0 Å². The van der Waals surface area contributed by atoms with E-state index in [-0.39, 0.29) is 22.6 Å². The van der Waals surface area contributed by atoms with Crippen LogP contribution in [0, 0.1) is 5.92 Å². The molecule has 2 aromatic carbocycles. The van der Waals surface area contributed by atoms with Crippen LogP contribution in [0.4, 0.5) is 5.82 Å². The summed E-state index contributed by atoms with van der Waals surface area (Å²) < 4.78 is 32.7. The molecule has 1 N–H and O–H groups in total. The minimum Gasteiger partial charge on any atom is -0.467 e. The van der Waals surface area contributed by atoms with Crippen molar-refractivity contribution in [3.8, 4) is 0 Å². The maximum Gasteiger partial charge on any atom is 0.328 e. The van der Waals surface area contributed by atoms with E-state index in [0.717, 1.165) is 10.9 Å². The fraction of sp³-hybridized carbons (Fsp3) is 0.407. The van der Waals surface area contributed by atoms with E-state index in [1.165, 1.54) is 42.6 Å². The fourth-order valence-corrected chi connectivity index (χ4v) is 5.84. The van der Waals surface area contributed by atoms with Crippen LogP contribution in [0.25, 0.3) is 10.9 Å². The first-order chi connectivity index (χ1) is 18.1. The third-order valence-corrected chi connectivity index (χ3v) is 8.57. The molecule has 0 spiro atoms. The van der Waals surface area contributed by atoms with Crippen molar-refractivity contribution in [3.63, 3.8) is 0 Å². The van der Waals surface area contributed by atoms with Crippen molar-refractivity contribution in [3.05, 3.63) is 59.9 Å². The van der Waals surface area contributed by atoms with Gasteiger partial charge in [0.25, 0.3) is 0 Å². The van der Waals surface area contributed by atoms with Crippen LogP contribution < -0.4 is 5.32 Å². The molecule has 0 radical (unpaired) electrons. The van der Waals surface area contributed by atoms with E-state index in [2.05, 4.69) is 10.2 Å². The van der Waals surface area contributed by atoms with E-state index < -0.39 is 16.1 Å². The molecular weight excluding hydrogens is 506 g/mol. The SMILES string of the molecule is COC(=O)[C@@H](Nc1nc(CN2CCN(S(=O)(=O)c3ccc(C(C)=O)cc3)CC2)nc2ccccc12)C(C)C. The quantitative estimate of drug-likeness (QED) is 0.323. The molecule has 1 saturated heterocycles. The average molecular weight is 540 g/mol. The molecule has 0 saturated carbocycles. The second kappa shape index (κ2) is 11.5. The smallest absolute Gasteiger partial charge is 0.328 e. The molecule has 0 unspecified atom stereocenters. The number of anilines is 1. The Bertz CT molecular complexity index is 1420. The molecule has 1 aromatic heterocycles. The summed E-state index contributed by atoms with van der Waals surface area (Å²) >= 11 is 0. The monoisotopic (exact) mass is 539 g/mol. The van der Waals surface area contributed by atoms with Gasteiger partial charge in [0.1, 0.15) is 17.7 Å². The molecule has 38 heavy (non-hydrogen) atoms. The standard InChI is InChI=1S/C27H33N5O5S/c1-18(2)25(27(34)37-4)30-26-22-7-5-6-8-23(22)28-24(29-26)17-31-13-15-32(16-14-31)38(35,36)21-11-9-20(10-12-21)19(3)33/h5-12,18,25H,13-17H2,1-4H3,(H,28,29,30)/t25-/m0/s1. The predicted molar refractivity (Wildman–Crippen MR) is 144 cm³/mol. The number of methoxy groups -OCH3 is 1. The predicted octanol–water partition coefficient (Wildman–Crippen LogP) is 2.95. The van der Waals surface area contributed by atoms with Crippen LogP contribution in [0.15, 0.2) is 53.4 Å². The topological polar surface area (TPSA) is 122 Å². The van der Waals surface area contributed by atoms with Gasteiger partial charge in [0.15, 0.2) is 5.78 Å². The highest BCUT2D eigenvalue weighted by molar-refractivity contribution is 7.89. The Balaban J connectivity index is 1.48. The minimum atomic E-state index is -3.66. The number of sulfonamides is 1. The molecule has 0 bridgehead atoms. The van der Waals surface area contributed by atoms with Crippen molar-refractivity contribution in [2.24, 2.45) is 5.92 Å². The molecule has 0 aliphatic carbocycles. The summed E-state index contributed by atoms with van der Waals surface area (Å²) in [7, 11) is -2.29. The number of rotatable bonds is 9. The van der Waals surface area contributed by atoms with Gasteiger partial charge in [0, 0.05) is 37.1 Å². The molecule has 1 aliphatic heterocycles.